The monoisotopic (exact) mass is 291 g/mol. The lowest BCUT2D eigenvalue weighted by Crippen LogP contribution is -1.96. The molecule has 1 N–H and O–H groups in total. The summed E-state index contributed by atoms with van der Waals surface area (Å²) >= 11 is 1.11. The molecule has 0 radical (unpaired) electrons. The van der Waals surface area contributed by atoms with Crippen molar-refractivity contribution in [1.82, 2.24) is 0 Å². The van der Waals surface area contributed by atoms with Crippen molar-refractivity contribution in [1.29, 1.82) is 5.26 Å². The lowest BCUT2D eigenvalue weighted by Gasteiger charge is -1.99. The predicted octanol–water partition coefficient (Wildman–Crippen LogP) is 3.68. The molecule has 100 valence electrons. The third-order valence-corrected chi connectivity index (χ3v) is 3.53. The van der Waals surface area contributed by atoms with Crippen molar-refractivity contribution in [3.63, 3.8) is 0 Å². The largest absolute Gasteiger partial charge is 0.477 e. The van der Waals surface area contributed by atoms with Gasteiger partial charge < -0.3 is 5.11 Å². The molecule has 0 amide bonds. The second-order valence-corrected chi connectivity index (χ2v) is 4.92. The second-order valence-electron chi connectivity index (χ2n) is 3.80. The van der Waals surface area contributed by atoms with E-state index in [1.165, 1.54) is 12.1 Å². The quantitative estimate of drug-likeness (QED) is 0.693. The lowest BCUT2D eigenvalue weighted by molar-refractivity contribution is -0.132. The maximum Gasteiger partial charge on any atom is 0.346 e. The first-order valence-corrected chi connectivity index (χ1v) is 6.23. The van der Waals surface area contributed by atoms with Crippen LogP contribution in [0, 0.1) is 23.0 Å². The molecule has 2 rings (SSSR count). The van der Waals surface area contributed by atoms with Crippen molar-refractivity contribution in [3.05, 3.63) is 52.4 Å². The van der Waals surface area contributed by atoms with Gasteiger partial charge in [0.2, 0.25) is 0 Å². The van der Waals surface area contributed by atoms with Gasteiger partial charge in [-0.2, -0.15) is 5.26 Å². The number of hydrogen-bond donors (Lipinski definition) is 1. The molecule has 1 aromatic heterocycles. The number of carbonyl (C=O) groups is 1. The highest BCUT2D eigenvalue weighted by Gasteiger charge is 2.10. The van der Waals surface area contributed by atoms with E-state index in [9.17, 15) is 13.6 Å². The fourth-order valence-corrected chi connectivity index (χ4v) is 2.53. The molecule has 0 unspecified atom stereocenters. The standard InChI is InChI=1S/C14H7F2NO2S/c15-9-1-3-11(12(16)6-9)13-4-2-10(20-13)5-8(7-17)14(18)19/h1-6H,(H,18,19)/b8-5+. The first-order chi connectivity index (χ1) is 9.51. The summed E-state index contributed by atoms with van der Waals surface area (Å²) in [7, 11) is 0. The lowest BCUT2D eigenvalue weighted by atomic mass is 10.1. The number of thiophene rings is 1. The second kappa shape index (κ2) is 5.63. The molecular weight excluding hydrogens is 284 g/mol. The van der Waals surface area contributed by atoms with Gasteiger partial charge in [-0.25, -0.2) is 13.6 Å². The van der Waals surface area contributed by atoms with Crippen LogP contribution in [0.5, 0.6) is 0 Å². The van der Waals surface area contributed by atoms with Crippen LogP contribution >= 0.6 is 11.3 Å². The van der Waals surface area contributed by atoms with Gasteiger partial charge in [0.25, 0.3) is 0 Å². The van der Waals surface area contributed by atoms with Crippen molar-refractivity contribution in [2.75, 3.05) is 0 Å². The molecule has 1 aromatic carbocycles. The Kier molecular flexibility index (Phi) is 3.91. The number of carboxylic acid groups (broad SMARTS) is 1. The summed E-state index contributed by atoms with van der Waals surface area (Å²) in [4.78, 5) is 11.7. The number of nitriles is 1. The molecule has 1 heterocycles. The van der Waals surface area contributed by atoms with Crippen LogP contribution in [0.15, 0.2) is 35.9 Å². The Bertz CT molecular complexity index is 744. The molecule has 0 bridgehead atoms. The summed E-state index contributed by atoms with van der Waals surface area (Å²) in [6.07, 6.45) is 1.21. The number of aliphatic carboxylic acids is 1. The molecule has 0 aliphatic heterocycles. The van der Waals surface area contributed by atoms with E-state index in [2.05, 4.69) is 0 Å². The molecule has 0 aliphatic rings. The first kappa shape index (κ1) is 13.9. The number of carboxylic acids is 1. The van der Waals surface area contributed by atoms with Crippen LogP contribution in [-0.2, 0) is 4.79 Å². The zero-order chi connectivity index (χ0) is 14.7. The SMILES string of the molecule is N#C/C(=C\c1ccc(-c2ccc(F)cc2F)s1)C(=O)O. The van der Waals surface area contributed by atoms with Crippen molar-refractivity contribution < 1.29 is 18.7 Å². The van der Waals surface area contributed by atoms with Crippen LogP contribution in [0.1, 0.15) is 4.88 Å². The predicted molar refractivity (Wildman–Crippen MR) is 70.9 cm³/mol. The van der Waals surface area contributed by atoms with Crippen LogP contribution in [0.25, 0.3) is 16.5 Å². The molecule has 0 saturated carbocycles. The van der Waals surface area contributed by atoms with E-state index < -0.39 is 23.2 Å². The van der Waals surface area contributed by atoms with Gasteiger partial charge in [0.1, 0.15) is 23.3 Å². The Hall–Kier alpha value is -2.52. The normalized spacial score (nSPS) is 11.2. The van der Waals surface area contributed by atoms with Gasteiger partial charge in [-0.15, -0.1) is 11.3 Å². The Morgan fingerprint density at radius 3 is 2.65 bits per heavy atom. The topological polar surface area (TPSA) is 61.1 Å². The summed E-state index contributed by atoms with van der Waals surface area (Å²) in [6, 6.07) is 7.96. The maximum atomic E-state index is 13.6. The summed E-state index contributed by atoms with van der Waals surface area (Å²) < 4.78 is 26.4. The average Bonchev–Trinajstić information content (AvgIpc) is 2.83. The van der Waals surface area contributed by atoms with E-state index in [1.807, 2.05) is 0 Å². The number of rotatable bonds is 3. The van der Waals surface area contributed by atoms with E-state index in [-0.39, 0.29) is 5.56 Å². The minimum Gasteiger partial charge on any atom is -0.477 e. The van der Waals surface area contributed by atoms with E-state index in [1.54, 1.807) is 18.2 Å². The first-order valence-electron chi connectivity index (χ1n) is 5.41. The molecule has 20 heavy (non-hydrogen) atoms. The highest BCUT2D eigenvalue weighted by atomic mass is 32.1. The zero-order valence-electron chi connectivity index (χ0n) is 9.93. The molecule has 0 aliphatic carbocycles. The fraction of sp³-hybridized carbons (Fsp3) is 0. The average molecular weight is 291 g/mol. The smallest absolute Gasteiger partial charge is 0.346 e. The molecule has 3 nitrogen and oxygen atoms in total. The number of benzene rings is 1. The van der Waals surface area contributed by atoms with Crippen molar-refractivity contribution >= 4 is 23.4 Å². The van der Waals surface area contributed by atoms with Crippen LogP contribution < -0.4 is 0 Å². The third kappa shape index (κ3) is 2.90. The van der Waals surface area contributed by atoms with Crippen molar-refractivity contribution in [3.8, 4) is 16.5 Å². The summed E-state index contributed by atoms with van der Waals surface area (Å²) in [5.41, 5.74) is -0.178. The van der Waals surface area contributed by atoms with Gasteiger partial charge in [0, 0.05) is 21.4 Å². The number of nitrogens with zero attached hydrogens (tertiary/aromatic N) is 1. The molecular formula is C14H7F2NO2S. The number of hydrogen-bond acceptors (Lipinski definition) is 3. The molecule has 2 aromatic rings. The molecule has 0 spiro atoms. The Morgan fingerprint density at radius 2 is 2.05 bits per heavy atom. The Labute approximate surface area is 117 Å². The van der Waals surface area contributed by atoms with E-state index >= 15 is 0 Å². The summed E-state index contributed by atoms with van der Waals surface area (Å²) in [5.74, 6) is -2.68. The van der Waals surface area contributed by atoms with Crippen molar-refractivity contribution in [2.24, 2.45) is 0 Å². The van der Waals surface area contributed by atoms with E-state index in [4.69, 9.17) is 10.4 Å². The maximum absolute atomic E-state index is 13.6. The highest BCUT2D eigenvalue weighted by Crippen LogP contribution is 2.31. The van der Waals surface area contributed by atoms with Crippen molar-refractivity contribution in [2.45, 2.75) is 0 Å². The third-order valence-electron chi connectivity index (χ3n) is 2.46. The summed E-state index contributed by atoms with van der Waals surface area (Å²) in [6.45, 7) is 0. The Morgan fingerprint density at radius 1 is 1.30 bits per heavy atom. The van der Waals surface area contributed by atoms with Crippen LogP contribution in [0.4, 0.5) is 8.78 Å². The van der Waals surface area contributed by atoms with Crippen LogP contribution in [0.2, 0.25) is 0 Å². The minimum absolute atomic E-state index is 0.227. The Balaban J connectivity index is 2.39. The van der Waals surface area contributed by atoms with Crippen LogP contribution in [0.3, 0.4) is 0 Å². The van der Waals surface area contributed by atoms with Gasteiger partial charge in [-0.1, -0.05) is 0 Å². The zero-order valence-corrected chi connectivity index (χ0v) is 10.7. The summed E-state index contributed by atoms with van der Waals surface area (Å²) in [5, 5.41) is 17.4. The number of halogens is 2. The van der Waals surface area contributed by atoms with Gasteiger partial charge in [-0.3, -0.25) is 0 Å². The molecule has 6 heteroatoms. The minimum atomic E-state index is -1.32. The molecule has 0 fully saturated rings. The van der Waals surface area contributed by atoms with Crippen LogP contribution in [-0.4, -0.2) is 11.1 Å². The fourth-order valence-electron chi connectivity index (χ4n) is 1.55. The highest BCUT2D eigenvalue weighted by molar-refractivity contribution is 7.16. The van der Waals surface area contributed by atoms with E-state index in [0.717, 1.165) is 23.5 Å². The molecule has 0 atom stereocenters. The van der Waals surface area contributed by atoms with E-state index in [0.29, 0.717) is 9.75 Å². The van der Waals surface area contributed by atoms with Gasteiger partial charge >= 0.3 is 5.97 Å². The van der Waals surface area contributed by atoms with Gasteiger partial charge in [0.05, 0.1) is 0 Å². The van der Waals surface area contributed by atoms with Gasteiger partial charge in [0.15, 0.2) is 0 Å². The van der Waals surface area contributed by atoms with Gasteiger partial charge in [-0.05, 0) is 30.3 Å². The molecule has 0 saturated heterocycles.